The molecule has 0 unspecified atom stereocenters. The molecule has 32 heavy (non-hydrogen) atoms. The zero-order valence-corrected chi connectivity index (χ0v) is 20.8. The third kappa shape index (κ3) is 8.48. The minimum absolute atomic E-state index is 0.373. The first-order chi connectivity index (χ1) is 15.5. The van der Waals surface area contributed by atoms with Gasteiger partial charge in [0.1, 0.15) is 5.75 Å². The van der Waals surface area contributed by atoms with E-state index in [1.807, 2.05) is 19.2 Å². The molecule has 1 aliphatic rings. The van der Waals surface area contributed by atoms with E-state index in [9.17, 15) is 0 Å². The predicted molar refractivity (Wildman–Crippen MR) is 136 cm³/mol. The first-order valence-electron chi connectivity index (χ1n) is 11.6. The van der Waals surface area contributed by atoms with Crippen molar-refractivity contribution < 1.29 is 4.74 Å². The number of unbranched alkanes of at least 4 members (excludes halogenated alkanes) is 1. The normalized spacial score (nSPS) is 15.8. The molecular weight excluding hydrogens is 426 g/mol. The Kier molecular flexibility index (Phi) is 11.6. The Morgan fingerprint density at radius 1 is 1.25 bits per heavy atom. The van der Waals surface area contributed by atoms with Crippen LogP contribution in [0.25, 0.3) is 0 Å². The van der Waals surface area contributed by atoms with Crippen LogP contribution in [0.5, 0.6) is 5.75 Å². The number of nitrogens with two attached hydrogens (primary N) is 1. The van der Waals surface area contributed by atoms with E-state index in [4.69, 9.17) is 27.1 Å². The second-order valence-corrected chi connectivity index (χ2v) is 8.54. The van der Waals surface area contributed by atoms with Crippen molar-refractivity contribution in [3.8, 4) is 5.75 Å². The van der Waals surface area contributed by atoms with Crippen molar-refractivity contribution in [2.45, 2.75) is 52.0 Å². The van der Waals surface area contributed by atoms with E-state index >= 15 is 0 Å². The average Bonchev–Trinajstić information content (AvgIpc) is 2.80. The van der Waals surface area contributed by atoms with Gasteiger partial charge in [-0.1, -0.05) is 31.9 Å². The van der Waals surface area contributed by atoms with Gasteiger partial charge < -0.3 is 26.0 Å². The molecule has 8 nitrogen and oxygen atoms in total. The van der Waals surface area contributed by atoms with Gasteiger partial charge >= 0.3 is 0 Å². The molecule has 0 bridgehead atoms. The fraction of sp³-hybridized carbons (Fsp3) is 0.652. The number of guanidine groups is 2. The number of halogens is 1. The smallest absolute Gasteiger partial charge is 0.227 e. The van der Waals surface area contributed by atoms with Crippen LogP contribution in [0.15, 0.2) is 28.2 Å². The summed E-state index contributed by atoms with van der Waals surface area (Å²) in [7, 11) is 3.60. The molecule has 1 aromatic rings. The van der Waals surface area contributed by atoms with Crippen LogP contribution in [0, 0.1) is 0 Å². The molecule has 1 heterocycles. The number of nitrogens with one attached hydrogen (secondary N) is 2. The van der Waals surface area contributed by atoms with E-state index in [-0.39, 0.29) is 0 Å². The Labute approximate surface area is 198 Å². The van der Waals surface area contributed by atoms with Crippen molar-refractivity contribution in [3.63, 3.8) is 0 Å². The number of hydrogen-bond donors (Lipinski definition) is 3. The van der Waals surface area contributed by atoms with E-state index in [2.05, 4.69) is 39.3 Å². The molecule has 1 fully saturated rings. The Bertz CT molecular complexity index is 750. The topological polar surface area (TPSA) is 90.5 Å². The van der Waals surface area contributed by atoms with E-state index in [0.717, 1.165) is 64.0 Å². The van der Waals surface area contributed by atoms with Crippen molar-refractivity contribution in [3.05, 3.63) is 23.2 Å². The van der Waals surface area contributed by atoms with Gasteiger partial charge in [0.25, 0.3) is 0 Å². The third-order valence-electron chi connectivity index (χ3n) is 5.63. The molecule has 4 N–H and O–H groups in total. The van der Waals surface area contributed by atoms with Crippen LogP contribution in [0.2, 0.25) is 5.02 Å². The Hall–Kier alpha value is -2.03. The highest BCUT2D eigenvalue weighted by molar-refractivity contribution is 6.32. The number of rotatable bonds is 10. The average molecular weight is 466 g/mol. The van der Waals surface area contributed by atoms with Crippen LogP contribution in [0.3, 0.4) is 0 Å². The van der Waals surface area contributed by atoms with Gasteiger partial charge in [-0.2, -0.15) is 4.99 Å². The van der Waals surface area contributed by atoms with E-state index in [1.165, 1.54) is 0 Å². The molecule has 1 aromatic carbocycles. The lowest BCUT2D eigenvalue weighted by atomic mass is 10.1. The maximum absolute atomic E-state index is 6.40. The summed E-state index contributed by atoms with van der Waals surface area (Å²) in [6.07, 6.45) is 5.48. The lowest BCUT2D eigenvalue weighted by Gasteiger charge is -2.32. The predicted octanol–water partition coefficient (Wildman–Crippen LogP) is 3.58. The number of aliphatic imine (C=N–C) groups is 2. The Morgan fingerprint density at radius 2 is 2.00 bits per heavy atom. The molecule has 1 saturated heterocycles. The summed E-state index contributed by atoms with van der Waals surface area (Å²) >= 11 is 6.31. The Balaban J connectivity index is 2.22. The first kappa shape index (κ1) is 26.2. The molecular formula is C23H40ClN7O. The summed E-state index contributed by atoms with van der Waals surface area (Å²) in [4.78, 5) is 13.8. The summed E-state index contributed by atoms with van der Waals surface area (Å²) in [6.45, 7) is 8.96. The minimum Gasteiger partial charge on any atom is -0.495 e. The zero-order valence-electron chi connectivity index (χ0n) is 20.0. The molecule has 0 aliphatic carbocycles. The van der Waals surface area contributed by atoms with E-state index in [0.29, 0.717) is 35.4 Å². The van der Waals surface area contributed by atoms with E-state index in [1.54, 1.807) is 13.2 Å². The van der Waals surface area contributed by atoms with E-state index < -0.39 is 0 Å². The number of piperidine rings is 1. The van der Waals surface area contributed by atoms with Crippen LogP contribution < -0.4 is 21.1 Å². The maximum Gasteiger partial charge on any atom is 0.227 e. The van der Waals surface area contributed by atoms with Gasteiger partial charge in [-0.15, -0.1) is 0 Å². The fourth-order valence-electron chi connectivity index (χ4n) is 3.66. The summed E-state index contributed by atoms with van der Waals surface area (Å²) in [5.41, 5.74) is 7.18. The summed E-state index contributed by atoms with van der Waals surface area (Å²) < 4.78 is 5.26. The number of benzene rings is 1. The maximum atomic E-state index is 6.40. The monoisotopic (exact) mass is 465 g/mol. The van der Waals surface area contributed by atoms with Gasteiger partial charge in [-0.3, -0.25) is 4.90 Å². The molecule has 9 heteroatoms. The van der Waals surface area contributed by atoms with Crippen molar-refractivity contribution in [2.75, 3.05) is 52.3 Å². The SMILES string of the molecule is CCCCN(CCC)CN=C(N=C(N)N(C)C1CCNCC1)Nc1ccc(OC)c(Cl)c1. The number of anilines is 1. The van der Waals surface area contributed by atoms with Crippen LogP contribution in [0.4, 0.5) is 5.69 Å². The van der Waals surface area contributed by atoms with Crippen molar-refractivity contribution in [1.82, 2.24) is 15.1 Å². The zero-order chi connectivity index (χ0) is 23.3. The standard InChI is InChI=1S/C23H40ClN7O/c1-5-7-15-31(14-6-2)17-27-23(28-18-8-9-21(32-4)20(24)16-18)29-22(25)30(3)19-10-12-26-13-11-19/h8-9,16,19,26H,5-7,10-15,17H2,1-4H3,(H3,25,27,28,29). The molecule has 0 amide bonds. The lowest BCUT2D eigenvalue weighted by Crippen LogP contribution is -2.47. The molecule has 0 saturated carbocycles. The minimum atomic E-state index is 0.373. The highest BCUT2D eigenvalue weighted by Gasteiger charge is 2.19. The molecule has 1 aliphatic heterocycles. The highest BCUT2D eigenvalue weighted by atomic mass is 35.5. The van der Waals surface area contributed by atoms with Gasteiger partial charge in [0.05, 0.1) is 18.8 Å². The van der Waals surface area contributed by atoms with Crippen LogP contribution in [-0.2, 0) is 0 Å². The van der Waals surface area contributed by atoms with Gasteiger partial charge in [0.15, 0.2) is 5.96 Å². The summed E-state index contributed by atoms with van der Waals surface area (Å²) in [6, 6.07) is 5.89. The van der Waals surface area contributed by atoms with Gasteiger partial charge in [-0.25, -0.2) is 4.99 Å². The molecule has 2 rings (SSSR count). The summed E-state index contributed by atoms with van der Waals surface area (Å²) in [5.74, 6) is 1.55. The number of methoxy groups -OCH3 is 1. The van der Waals surface area contributed by atoms with Gasteiger partial charge in [0, 0.05) is 18.8 Å². The van der Waals surface area contributed by atoms with Crippen molar-refractivity contribution in [1.29, 1.82) is 0 Å². The molecule has 0 aromatic heterocycles. The Morgan fingerprint density at radius 3 is 2.62 bits per heavy atom. The molecule has 180 valence electrons. The van der Waals surface area contributed by atoms with Crippen LogP contribution in [0.1, 0.15) is 46.0 Å². The molecule has 0 radical (unpaired) electrons. The number of hydrogen-bond acceptors (Lipinski definition) is 4. The summed E-state index contributed by atoms with van der Waals surface area (Å²) in [5, 5.41) is 7.20. The van der Waals surface area contributed by atoms with Crippen molar-refractivity contribution >= 4 is 29.2 Å². The van der Waals surface area contributed by atoms with Gasteiger partial charge in [0.2, 0.25) is 5.96 Å². The largest absolute Gasteiger partial charge is 0.495 e. The van der Waals surface area contributed by atoms with Gasteiger partial charge in [-0.05, 0) is 70.1 Å². The highest BCUT2D eigenvalue weighted by Crippen LogP contribution is 2.27. The first-order valence-corrected chi connectivity index (χ1v) is 12.0. The third-order valence-corrected chi connectivity index (χ3v) is 5.93. The fourth-order valence-corrected chi connectivity index (χ4v) is 3.92. The van der Waals surface area contributed by atoms with Crippen molar-refractivity contribution in [2.24, 2.45) is 15.7 Å². The number of nitrogens with zero attached hydrogens (tertiary/aromatic N) is 4. The second-order valence-electron chi connectivity index (χ2n) is 8.13. The second kappa shape index (κ2) is 14.2. The molecule has 0 atom stereocenters. The molecule has 0 spiro atoms. The quantitative estimate of drug-likeness (QED) is 0.361. The number of ether oxygens (including phenoxy) is 1. The lowest BCUT2D eigenvalue weighted by molar-refractivity contribution is 0.278. The van der Waals surface area contributed by atoms with Crippen LogP contribution in [-0.4, -0.2) is 74.8 Å². The van der Waals surface area contributed by atoms with Crippen LogP contribution >= 0.6 is 11.6 Å².